The van der Waals surface area contributed by atoms with Gasteiger partial charge in [0.2, 0.25) is 10.0 Å². The summed E-state index contributed by atoms with van der Waals surface area (Å²) in [5.41, 5.74) is 0.791. The van der Waals surface area contributed by atoms with Crippen LogP contribution >= 0.6 is 12.4 Å². The molecule has 150 valence electrons. The summed E-state index contributed by atoms with van der Waals surface area (Å²) in [6, 6.07) is 6.69. The molecule has 0 aliphatic carbocycles. The molecule has 1 N–H and O–H groups in total. The van der Waals surface area contributed by atoms with E-state index in [1.807, 2.05) is 7.05 Å². The molecule has 3 rings (SSSR count). The molecule has 2 aliphatic heterocycles. The van der Waals surface area contributed by atoms with Crippen LogP contribution in [0.25, 0.3) is 0 Å². The van der Waals surface area contributed by atoms with Crippen molar-refractivity contribution in [3.63, 3.8) is 0 Å². The van der Waals surface area contributed by atoms with Gasteiger partial charge in [-0.2, -0.15) is 0 Å². The second-order valence-electron chi connectivity index (χ2n) is 6.88. The van der Waals surface area contributed by atoms with Crippen molar-refractivity contribution in [2.75, 3.05) is 39.0 Å². The smallest absolute Gasteiger partial charge is 0.261 e. The Kier molecular flexibility index (Phi) is 7.39. The quantitative estimate of drug-likeness (QED) is 0.679. The number of hydrogen-bond acceptors (Lipinski definition) is 5. The minimum absolute atomic E-state index is 0. The Bertz CT molecular complexity index is 757. The second-order valence-corrected chi connectivity index (χ2v) is 8.97. The van der Waals surface area contributed by atoms with Crippen LogP contribution in [-0.2, 0) is 10.0 Å². The molecule has 1 aromatic carbocycles. The van der Waals surface area contributed by atoms with Crippen LogP contribution in [-0.4, -0.2) is 68.4 Å². The van der Waals surface area contributed by atoms with Crippen molar-refractivity contribution < 1.29 is 18.0 Å². The number of carbonyl (C=O) groups excluding carboxylic acids is 2. The van der Waals surface area contributed by atoms with E-state index in [1.165, 1.54) is 0 Å². The van der Waals surface area contributed by atoms with Crippen molar-refractivity contribution in [1.29, 1.82) is 0 Å². The van der Waals surface area contributed by atoms with Crippen LogP contribution in [0, 0.1) is 5.92 Å². The largest absolute Gasteiger partial charge is 0.319 e. The Hall–Kier alpha value is -1.48. The first-order valence-corrected chi connectivity index (χ1v) is 10.6. The van der Waals surface area contributed by atoms with E-state index >= 15 is 0 Å². The molecule has 0 bridgehead atoms. The summed E-state index contributed by atoms with van der Waals surface area (Å²) in [4.78, 5) is 25.8. The van der Waals surface area contributed by atoms with E-state index < -0.39 is 10.0 Å². The molecule has 9 heteroatoms. The highest BCUT2D eigenvalue weighted by atomic mass is 35.5. The van der Waals surface area contributed by atoms with Crippen molar-refractivity contribution in [2.45, 2.75) is 19.3 Å². The van der Waals surface area contributed by atoms with Crippen molar-refractivity contribution in [3.05, 3.63) is 35.4 Å². The summed E-state index contributed by atoms with van der Waals surface area (Å²) in [7, 11) is -1.45. The molecule has 27 heavy (non-hydrogen) atoms. The maximum atomic E-state index is 12.5. The minimum atomic E-state index is -3.35. The average Bonchev–Trinajstić information content (AvgIpc) is 2.88. The van der Waals surface area contributed by atoms with Crippen molar-refractivity contribution in [2.24, 2.45) is 5.92 Å². The summed E-state index contributed by atoms with van der Waals surface area (Å²) in [6.45, 7) is 2.12. The predicted octanol–water partition coefficient (Wildman–Crippen LogP) is 1.36. The molecule has 2 aliphatic rings. The summed E-state index contributed by atoms with van der Waals surface area (Å²) in [6.07, 6.45) is 1.97. The van der Waals surface area contributed by atoms with Gasteiger partial charge in [-0.05, 0) is 50.9 Å². The number of hydrogen-bond donors (Lipinski definition) is 1. The first-order chi connectivity index (χ1) is 12.4. The van der Waals surface area contributed by atoms with Crippen molar-refractivity contribution in [1.82, 2.24) is 14.5 Å². The Labute approximate surface area is 166 Å². The van der Waals surface area contributed by atoms with E-state index in [0.29, 0.717) is 30.1 Å². The van der Waals surface area contributed by atoms with Crippen molar-refractivity contribution >= 4 is 34.2 Å². The number of amides is 2. The third kappa shape index (κ3) is 4.68. The molecule has 0 unspecified atom stereocenters. The highest BCUT2D eigenvalue weighted by Gasteiger charge is 2.35. The summed E-state index contributed by atoms with van der Waals surface area (Å²) < 4.78 is 26.6. The van der Waals surface area contributed by atoms with Gasteiger partial charge in [-0.25, -0.2) is 12.7 Å². The van der Waals surface area contributed by atoms with Gasteiger partial charge in [0, 0.05) is 19.6 Å². The molecular weight excluding hydrogens is 390 g/mol. The molecule has 0 aromatic heterocycles. The van der Waals surface area contributed by atoms with E-state index in [1.54, 1.807) is 28.6 Å². The highest BCUT2D eigenvalue weighted by Crippen LogP contribution is 2.23. The summed E-state index contributed by atoms with van der Waals surface area (Å²) in [5, 5.41) is 3.14. The molecule has 0 radical (unpaired) electrons. The third-order valence-electron chi connectivity index (χ3n) is 5.12. The number of rotatable bonds is 7. The van der Waals surface area contributed by atoms with Crippen LogP contribution < -0.4 is 5.32 Å². The van der Waals surface area contributed by atoms with E-state index in [0.717, 1.165) is 24.3 Å². The normalized spacial score (nSPS) is 18.5. The molecule has 2 heterocycles. The first kappa shape index (κ1) is 21.8. The van der Waals surface area contributed by atoms with Crippen LogP contribution in [0.15, 0.2) is 24.3 Å². The Morgan fingerprint density at radius 1 is 1.07 bits per heavy atom. The number of halogens is 1. The zero-order chi connectivity index (χ0) is 18.7. The van der Waals surface area contributed by atoms with Crippen LogP contribution in [0.3, 0.4) is 0 Å². The number of nitrogens with one attached hydrogen (secondary N) is 1. The van der Waals surface area contributed by atoms with Crippen LogP contribution in [0.1, 0.15) is 40.0 Å². The summed E-state index contributed by atoms with van der Waals surface area (Å²) in [5.74, 6) is -0.201. The van der Waals surface area contributed by atoms with E-state index in [-0.39, 0.29) is 42.9 Å². The fourth-order valence-electron chi connectivity index (χ4n) is 3.66. The summed E-state index contributed by atoms with van der Waals surface area (Å²) >= 11 is 0. The van der Waals surface area contributed by atoms with Gasteiger partial charge >= 0.3 is 0 Å². The van der Waals surface area contributed by atoms with Crippen LogP contribution in [0.2, 0.25) is 0 Å². The fourth-order valence-corrected chi connectivity index (χ4v) is 5.18. The maximum Gasteiger partial charge on any atom is 0.261 e. The topological polar surface area (TPSA) is 86.8 Å². The van der Waals surface area contributed by atoms with Crippen LogP contribution in [0.4, 0.5) is 0 Å². The van der Waals surface area contributed by atoms with Gasteiger partial charge in [0.15, 0.2) is 0 Å². The van der Waals surface area contributed by atoms with Crippen molar-refractivity contribution in [3.8, 4) is 0 Å². The van der Waals surface area contributed by atoms with Gasteiger partial charge in [-0.15, -0.1) is 12.4 Å². The number of nitrogens with zero attached hydrogens (tertiary/aromatic N) is 2. The zero-order valence-electron chi connectivity index (χ0n) is 15.4. The second kappa shape index (κ2) is 9.14. The lowest BCUT2D eigenvalue weighted by Crippen LogP contribution is -2.42. The molecule has 1 fully saturated rings. The standard InChI is InChI=1S/C18H25N3O4S.ClH/c1-19-13-14-7-10-20(11-8-14)26(24,25)12-4-9-21-17(22)15-5-2-3-6-16(15)18(21)23;/h2-3,5-6,14,19H,4,7-13H2,1H3;1H. The molecule has 0 atom stereocenters. The molecule has 0 spiro atoms. The van der Waals surface area contributed by atoms with Gasteiger partial charge in [-0.1, -0.05) is 12.1 Å². The first-order valence-electron chi connectivity index (χ1n) is 9.01. The van der Waals surface area contributed by atoms with Gasteiger partial charge in [0.05, 0.1) is 16.9 Å². The molecule has 1 saturated heterocycles. The van der Waals surface area contributed by atoms with E-state index in [4.69, 9.17) is 0 Å². The Morgan fingerprint density at radius 3 is 2.15 bits per heavy atom. The number of imide groups is 1. The average molecular weight is 416 g/mol. The predicted molar refractivity (Wildman–Crippen MR) is 106 cm³/mol. The lowest BCUT2D eigenvalue weighted by Gasteiger charge is -2.31. The lowest BCUT2D eigenvalue weighted by molar-refractivity contribution is 0.0654. The van der Waals surface area contributed by atoms with Gasteiger partial charge in [-0.3, -0.25) is 14.5 Å². The lowest BCUT2D eigenvalue weighted by atomic mass is 9.98. The third-order valence-corrected chi connectivity index (χ3v) is 7.08. The van der Waals surface area contributed by atoms with E-state index in [9.17, 15) is 18.0 Å². The number of benzene rings is 1. The van der Waals surface area contributed by atoms with E-state index in [2.05, 4.69) is 5.32 Å². The van der Waals surface area contributed by atoms with Crippen LogP contribution in [0.5, 0.6) is 0 Å². The minimum Gasteiger partial charge on any atom is -0.319 e. The van der Waals surface area contributed by atoms with Gasteiger partial charge < -0.3 is 5.32 Å². The zero-order valence-corrected chi connectivity index (χ0v) is 17.0. The van der Waals surface area contributed by atoms with Gasteiger partial charge in [0.25, 0.3) is 11.8 Å². The number of carbonyl (C=O) groups is 2. The number of fused-ring (bicyclic) bond motifs is 1. The molecule has 7 nitrogen and oxygen atoms in total. The number of piperidine rings is 1. The molecule has 2 amide bonds. The Morgan fingerprint density at radius 2 is 1.63 bits per heavy atom. The molecule has 0 saturated carbocycles. The number of sulfonamides is 1. The molecular formula is C18H26ClN3O4S. The Balaban J connectivity index is 0.00000261. The maximum absolute atomic E-state index is 12.5. The fraction of sp³-hybridized carbons (Fsp3) is 0.556. The van der Waals surface area contributed by atoms with Gasteiger partial charge in [0.1, 0.15) is 0 Å². The molecule has 1 aromatic rings. The monoisotopic (exact) mass is 415 g/mol. The SMILES string of the molecule is CNCC1CCN(S(=O)(=O)CCCN2C(=O)c3ccccc3C2=O)CC1.Cl. The highest BCUT2D eigenvalue weighted by molar-refractivity contribution is 7.89.